The number of halogens is 1. The normalized spacial score (nSPS) is 19.6. The maximum atomic E-state index is 11.0. The topological polar surface area (TPSA) is 38.3 Å². The second kappa shape index (κ2) is 4.87. The van der Waals surface area contributed by atoms with Crippen LogP contribution in [0.5, 0.6) is 5.75 Å². The van der Waals surface area contributed by atoms with E-state index < -0.39 is 0 Å². The number of rotatable bonds is 3. The molecule has 1 heterocycles. The van der Waals surface area contributed by atoms with Gasteiger partial charge in [0, 0.05) is 10.9 Å². The second-order valence-electron chi connectivity index (χ2n) is 4.02. The highest BCUT2D eigenvalue weighted by atomic mass is 79.9. The van der Waals surface area contributed by atoms with Crippen molar-refractivity contribution in [3.63, 3.8) is 0 Å². The van der Waals surface area contributed by atoms with Crippen molar-refractivity contribution in [2.24, 2.45) is 0 Å². The van der Waals surface area contributed by atoms with Gasteiger partial charge in [0.1, 0.15) is 12.4 Å². The fraction of sp³-hybridized carbons (Fsp3) is 0.417. The minimum atomic E-state index is 0.126. The van der Waals surface area contributed by atoms with Crippen molar-refractivity contribution in [2.75, 3.05) is 6.61 Å². The molecule has 0 radical (unpaired) electrons. The lowest BCUT2D eigenvalue weighted by Crippen LogP contribution is -2.30. The van der Waals surface area contributed by atoms with Gasteiger partial charge in [-0.2, -0.15) is 0 Å². The van der Waals surface area contributed by atoms with Gasteiger partial charge in [-0.15, -0.1) is 0 Å². The molecule has 1 unspecified atom stereocenters. The number of carbonyl (C=O) groups is 1. The molecule has 0 saturated carbocycles. The van der Waals surface area contributed by atoms with Crippen LogP contribution in [0, 0.1) is 6.92 Å². The minimum Gasteiger partial charge on any atom is -0.491 e. The van der Waals surface area contributed by atoms with Crippen molar-refractivity contribution in [3.8, 4) is 5.75 Å². The smallest absolute Gasteiger partial charge is 0.220 e. The Bertz CT molecular complexity index is 406. The maximum Gasteiger partial charge on any atom is 0.220 e. The van der Waals surface area contributed by atoms with Crippen LogP contribution in [0.15, 0.2) is 22.7 Å². The summed E-state index contributed by atoms with van der Waals surface area (Å²) < 4.78 is 6.74. The highest BCUT2D eigenvalue weighted by Gasteiger charge is 2.21. The lowest BCUT2D eigenvalue weighted by molar-refractivity contribution is -0.119. The Kier molecular flexibility index (Phi) is 3.49. The van der Waals surface area contributed by atoms with Gasteiger partial charge in [-0.05, 0) is 37.1 Å². The highest BCUT2D eigenvalue weighted by molar-refractivity contribution is 9.10. The van der Waals surface area contributed by atoms with Gasteiger partial charge in [-0.25, -0.2) is 0 Å². The number of hydrogen-bond acceptors (Lipinski definition) is 2. The van der Waals surface area contributed by atoms with Crippen molar-refractivity contribution in [2.45, 2.75) is 25.8 Å². The Balaban J connectivity index is 1.92. The summed E-state index contributed by atoms with van der Waals surface area (Å²) in [6.45, 7) is 2.56. The number of benzene rings is 1. The first-order valence-electron chi connectivity index (χ1n) is 5.33. The second-order valence-corrected chi connectivity index (χ2v) is 4.94. The van der Waals surface area contributed by atoms with Crippen LogP contribution in [-0.4, -0.2) is 18.6 Å². The Labute approximate surface area is 103 Å². The molecular weight excluding hydrogens is 270 g/mol. The highest BCUT2D eigenvalue weighted by Crippen LogP contribution is 2.22. The van der Waals surface area contributed by atoms with Crippen LogP contribution in [0.2, 0.25) is 0 Å². The SMILES string of the molecule is Cc1cc(Br)ccc1OCC1CCC(=O)N1. The van der Waals surface area contributed by atoms with Gasteiger partial charge in [0.15, 0.2) is 0 Å². The molecule has 0 spiro atoms. The van der Waals surface area contributed by atoms with Crippen LogP contribution in [0.4, 0.5) is 0 Å². The van der Waals surface area contributed by atoms with Crippen LogP contribution >= 0.6 is 15.9 Å². The van der Waals surface area contributed by atoms with Crippen molar-refractivity contribution in [3.05, 3.63) is 28.2 Å². The largest absolute Gasteiger partial charge is 0.491 e. The van der Waals surface area contributed by atoms with Crippen LogP contribution in [0.25, 0.3) is 0 Å². The molecule has 1 aromatic carbocycles. The van der Waals surface area contributed by atoms with Crippen LogP contribution in [0.1, 0.15) is 18.4 Å². The standard InChI is InChI=1S/C12H14BrNO2/c1-8-6-9(13)2-4-11(8)16-7-10-3-5-12(15)14-10/h2,4,6,10H,3,5,7H2,1H3,(H,14,15). The summed E-state index contributed by atoms with van der Waals surface area (Å²) in [7, 11) is 0. The number of hydrogen-bond donors (Lipinski definition) is 1. The summed E-state index contributed by atoms with van der Waals surface area (Å²) in [5, 5.41) is 2.88. The minimum absolute atomic E-state index is 0.126. The summed E-state index contributed by atoms with van der Waals surface area (Å²) in [5.41, 5.74) is 1.10. The third-order valence-electron chi connectivity index (χ3n) is 2.66. The Hall–Kier alpha value is -1.03. The molecule has 2 rings (SSSR count). The van der Waals surface area contributed by atoms with E-state index >= 15 is 0 Å². The fourth-order valence-corrected chi connectivity index (χ4v) is 2.24. The molecule has 16 heavy (non-hydrogen) atoms. The van der Waals surface area contributed by atoms with Gasteiger partial charge in [0.2, 0.25) is 5.91 Å². The molecule has 1 aromatic rings. The number of carbonyl (C=O) groups excluding carboxylic acids is 1. The third kappa shape index (κ3) is 2.76. The first-order valence-corrected chi connectivity index (χ1v) is 6.13. The zero-order valence-corrected chi connectivity index (χ0v) is 10.7. The molecule has 4 heteroatoms. The van der Waals surface area contributed by atoms with Gasteiger partial charge in [-0.3, -0.25) is 4.79 Å². The first kappa shape index (κ1) is 11.5. The Morgan fingerprint density at radius 1 is 1.56 bits per heavy atom. The van der Waals surface area contributed by atoms with E-state index in [1.807, 2.05) is 25.1 Å². The predicted octanol–water partition coefficient (Wildman–Crippen LogP) is 2.41. The van der Waals surface area contributed by atoms with E-state index in [-0.39, 0.29) is 11.9 Å². The van der Waals surface area contributed by atoms with Crippen molar-refractivity contribution >= 4 is 21.8 Å². The van der Waals surface area contributed by atoms with Crippen molar-refractivity contribution in [1.82, 2.24) is 5.32 Å². The maximum absolute atomic E-state index is 11.0. The molecule has 1 amide bonds. The number of aryl methyl sites for hydroxylation is 1. The third-order valence-corrected chi connectivity index (χ3v) is 3.16. The molecule has 3 nitrogen and oxygen atoms in total. The quantitative estimate of drug-likeness (QED) is 0.925. The van der Waals surface area contributed by atoms with E-state index in [1.54, 1.807) is 0 Å². The van der Waals surface area contributed by atoms with Gasteiger partial charge in [0.25, 0.3) is 0 Å². The summed E-state index contributed by atoms with van der Waals surface area (Å²) in [4.78, 5) is 11.0. The Morgan fingerprint density at radius 3 is 3.00 bits per heavy atom. The zero-order chi connectivity index (χ0) is 11.5. The molecule has 0 aliphatic carbocycles. The average Bonchev–Trinajstić information content (AvgIpc) is 2.63. The number of amides is 1. The average molecular weight is 284 g/mol. The van der Waals surface area contributed by atoms with E-state index in [9.17, 15) is 4.79 Å². The summed E-state index contributed by atoms with van der Waals surface area (Å²) in [5.74, 6) is 1.01. The molecular formula is C12H14BrNO2. The molecule has 1 atom stereocenters. The van der Waals surface area contributed by atoms with Gasteiger partial charge >= 0.3 is 0 Å². The predicted molar refractivity (Wildman–Crippen MR) is 65.5 cm³/mol. The van der Waals surface area contributed by atoms with E-state index in [0.29, 0.717) is 13.0 Å². The van der Waals surface area contributed by atoms with E-state index in [0.717, 1.165) is 22.2 Å². The van der Waals surface area contributed by atoms with Gasteiger partial charge in [-0.1, -0.05) is 15.9 Å². The summed E-state index contributed by atoms with van der Waals surface area (Å²) >= 11 is 3.41. The summed E-state index contributed by atoms with van der Waals surface area (Å²) in [6, 6.07) is 6.07. The van der Waals surface area contributed by atoms with Crippen LogP contribution < -0.4 is 10.1 Å². The molecule has 1 aliphatic heterocycles. The lowest BCUT2D eigenvalue weighted by Gasteiger charge is -2.13. The van der Waals surface area contributed by atoms with Crippen molar-refractivity contribution < 1.29 is 9.53 Å². The van der Waals surface area contributed by atoms with E-state index in [2.05, 4.69) is 21.2 Å². The molecule has 1 aliphatic rings. The first-order chi connectivity index (χ1) is 7.65. The van der Waals surface area contributed by atoms with Gasteiger partial charge < -0.3 is 10.1 Å². The zero-order valence-electron chi connectivity index (χ0n) is 9.13. The molecule has 0 aromatic heterocycles. The van der Waals surface area contributed by atoms with Crippen LogP contribution in [0.3, 0.4) is 0 Å². The number of ether oxygens (including phenoxy) is 1. The fourth-order valence-electron chi connectivity index (χ4n) is 1.77. The molecule has 86 valence electrons. The molecule has 1 fully saturated rings. The monoisotopic (exact) mass is 283 g/mol. The Morgan fingerprint density at radius 2 is 2.38 bits per heavy atom. The lowest BCUT2D eigenvalue weighted by atomic mass is 10.2. The van der Waals surface area contributed by atoms with Crippen molar-refractivity contribution in [1.29, 1.82) is 0 Å². The summed E-state index contributed by atoms with van der Waals surface area (Å²) in [6.07, 6.45) is 1.49. The van der Waals surface area contributed by atoms with E-state index in [4.69, 9.17) is 4.74 Å². The van der Waals surface area contributed by atoms with E-state index in [1.165, 1.54) is 0 Å². The van der Waals surface area contributed by atoms with Crippen LogP contribution in [-0.2, 0) is 4.79 Å². The number of nitrogens with one attached hydrogen (secondary N) is 1. The molecule has 1 N–H and O–H groups in total. The molecule has 1 saturated heterocycles. The van der Waals surface area contributed by atoms with Gasteiger partial charge in [0.05, 0.1) is 6.04 Å². The molecule has 0 bridgehead atoms.